The molecule has 1 aromatic heterocycles. The number of amides is 1. The molecule has 0 radical (unpaired) electrons. The lowest BCUT2D eigenvalue weighted by Crippen LogP contribution is -2.26. The molecule has 0 saturated heterocycles. The molecule has 1 heterocycles. The van der Waals surface area contributed by atoms with Crippen molar-refractivity contribution in [2.75, 3.05) is 0 Å². The van der Waals surface area contributed by atoms with Crippen molar-refractivity contribution in [3.8, 4) is 0 Å². The molecule has 4 nitrogen and oxygen atoms in total. The van der Waals surface area contributed by atoms with Crippen molar-refractivity contribution in [3.63, 3.8) is 0 Å². The summed E-state index contributed by atoms with van der Waals surface area (Å²) in [5.41, 5.74) is -3.47. The largest absolute Gasteiger partial charge is 0.416 e. The zero-order chi connectivity index (χ0) is 23.2. The van der Waals surface area contributed by atoms with Crippen molar-refractivity contribution in [2.45, 2.75) is 58.0 Å². The van der Waals surface area contributed by atoms with Crippen LogP contribution < -0.4 is 10.9 Å². The van der Waals surface area contributed by atoms with Crippen LogP contribution in [0.15, 0.2) is 41.3 Å². The number of pyridine rings is 1. The fraction of sp³-hybridized carbons (Fsp3) is 0.429. The number of carbonyl (C=O) groups excluding carboxylic acids is 1. The van der Waals surface area contributed by atoms with Crippen molar-refractivity contribution in [2.24, 2.45) is 0 Å². The summed E-state index contributed by atoms with van der Waals surface area (Å²) in [6.45, 7) is 1.91. The summed E-state index contributed by atoms with van der Waals surface area (Å²) in [5, 5.41) is 2.31. The third-order valence-corrected chi connectivity index (χ3v) is 4.60. The molecule has 0 unspecified atom stereocenters. The lowest BCUT2D eigenvalue weighted by Gasteiger charge is -2.15. The van der Waals surface area contributed by atoms with E-state index in [0.29, 0.717) is 18.7 Å². The number of aryl methyl sites for hydroxylation is 1. The van der Waals surface area contributed by atoms with E-state index in [-0.39, 0.29) is 22.8 Å². The fourth-order valence-electron chi connectivity index (χ4n) is 2.96. The first-order chi connectivity index (χ1) is 14.4. The molecule has 2 aromatic rings. The van der Waals surface area contributed by atoms with Crippen molar-refractivity contribution in [3.05, 3.63) is 69.1 Å². The van der Waals surface area contributed by atoms with Gasteiger partial charge in [0, 0.05) is 25.4 Å². The molecule has 0 bridgehead atoms. The number of aromatic nitrogens is 1. The van der Waals surface area contributed by atoms with E-state index in [1.165, 1.54) is 22.9 Å². The predicted molar refractivity (Wildman–Crippen MR) is 102 cm³/mol. The van der Waals surface area contributed by atoms with E-state index in [4.69, 9.17) is 0 Å². The number of halogens is 6. The van der Waals surface area contributed by atoms with Crippen LogP contribution in [0.3, 0.4) is 0 Å². The van der Waals surface area contributed by atoms with Crippen molar-refractivity contribution < 1.29 is 31.1 Å². The number of nitrogens with zero attached hydrogens (tertiary/aromatic N) is 1. The van der Waals surface area contributed by atoms with Gasteiger partial charge in [-0.3, -0.25) is 9.59 Å². The maximum atomic E-state index is 12.9. The topological polar surface area (TPSA) is 51.1 Å². The Morgan fingerprint density at radius 2 is 1.55 bits per heavy atom. The van der Waals surface area contributed by atoms with Crippen LogP contribution in [0.1, 0.15) is 59.7 Å². The lowest BCUT2D eigenvalue weighted by molar-refractivity contribution is -0.143. The average molecular weight is 448 g/mol. The highest BCUT2D eigenvalue weighted by Gasteiger charge is 2.36. The molecule has 0 fully saturated rings. The number of alkyl halides is 6. The second kappa shape index (κ2) is 10.0. The zero-order valence-electron chi connectivity index (χ0n) is 16.7. The van der Waals surface area contributed by atoms with E-state index >= 15 is 0 Å². The highest BCUT2D eigenvalue weighted by molar-refractivity contribution is 5.93. The second-order valence-electron chi connectivity index (χ2n) is 7.11. The molecule has 0 saturated carbocycles. The molecule has 0 aliphatic carbocycles. The van der Waals surface area contributed by atoms with E-state index in [2.05, 4.69) is 5.32 Å². The number of rotatable bonds is 8. The SMILES string of the molecule is CCCCCCn1cc(C(=O)NCc2cc(C(F)(F)F)cc(C(F)(F)F)c2)ccc1=O. The molecule has 170 valence electrons. The van der Waals surface area contributed by atoms with Crippen LogP contribution in [0.5, 0.6) is 0 Å². The predicted octanol–water partition coefficient (Wildman–Crippen LogP) is 5.40. The smallest absolute Gasteiger partial charge is 0.348 e. The maximum Gasteiger partial charge on any atom is 0.416 e. The number of unbranched alkanes of at least 4 members (excludes halogenated alkanes) is 3. The Morgan fingerprint density at radius 1 is 0.935 bits per heavy atom. The van der Waals surface area contributed by atoms with Crippen LogP contribution in [0.4, 0.5) is 26.3 Å². The van der Waals surface area contributed by atoms with Gasteiger partial charge < -0.3 is 9.88 Å². The molecule has 2 rings (SSSR count). The Kier molecular flexibility index (Phi) is 7.91. The van der Waals surface area contributed by atoms with Gasteiger partial charge in [0.15, 0.2) is 0 Å². The Morgan fingerprint density at radius 3 is 2.10 bits per heavy atom. The van der Waals surface area contributed by atoms with Crippen LogP contribution in [-0.4, -0.2) is 10.5 Å². The Labute approximate surface area is 174 Å². The second-order valence-corrected chi connectivity index (χ2v) is 7.11. The summed E-state index contributed by atoms with van der Waals surface area (Å²) in [6, 6.07) is 3.60. The normalized spacial score (nSPS) is 12.1. The third kappa shape index (κ3) is 7.15. The van der Waals surface area contributed by atoms with Crippen LogP contribution in [0, 0.1) is 0 Å². The molecular formula is C21H22F6N2O2. The minimum absolute atomic E-state index is 0.0275. The van der Waals surface area contributed by atoms with Gasteiger partial charge in [0.25, 0.3) is 11.5 Å². The van der Waals surface area contributed by atoms with Gasteiger partial charge in [-0.25, -0.2) is 0 Å². The van der Waals surface area contributed by atoms with Crippen molar-refractivity contribution in [1.29, 1.82) is 0 Å². The van der Waals surface area contributed by atoms with Gasteiger partial charge in [-0.15, -0.1) is 0 Å². The van der Waals surface area contributed by atoms with Gasteiger partial charge in [-0.05, 0) is 36.2 Å². The molecule has 1 N–H and O–H groups in total. The number of hydrogen-bond acceptors (Lipinski definition) is 2. The maximum absolute atomic E-state index is 12.9. The first-order valence-electron chi connectivity index (χ1n) is 9.69. The number of carbonyl (C=O) groups is 1. The highest BCUT2D eigenvalue weighted by Crippen LogP contribution is 2.36. The third-order valence-electron chi connectivity index (χ3n) is 4.60. The summed E-state index contributed by atoms with van der Waals surface area (Å²) < 4.78 is 79.0. The van der Waals surface area contributed by atoms with Gasteiger partial charge in [0.1, 0.15) is 0 Å². The van der Waals surface area contributed by atoms with Crippen LogP contribution in [0.25, 0.3) is 0 Å². The minimum atomic E-state index is -4.96. The number of benzene rings is 1. The van der Waals surface area contributed by atoms with E-state index < -0.39 is 35.9 Å². The van der Waals surface area contributed by atoms with E-state index in [9.17, 15) is 35.9 Å². The average Bonchev–Trinajstić information content (AvgIpc) is 2.69. The van der Waals surface area contributed by atoms with Gasteiger partial charge in [-0.1, -0.05) is 26.2 Å². The standard InChI is InChI=1S/C21H22F6N2O2/c1-2-3-4-5-8-29-13-15(6-7-18(29)30)19(31)28-12-14-9-16(20(22,23)24)11-17(10-14)21(25,26)27/h6-7,9-11,13H,2-5,8,12H2,1H3,(H,28,31). The van der Waals surface area contributed by atoms with Crippen molar-refractivity contribution >= 4 is 5.91 Å². The quantitative estimate of drug-likeness (QED) is 0.435. The van der Waals surface area contributed by atoms with Crippen LogP contribution in [0.2, 0.25) is 0 Å². The minimum Gasteiger partial charge on any atom is -0.348 e. The molecular weight excluding hydrogens is 426 g/mol. The number of nitrogens with one attached hydrogen (secondary N) is 1. The molecule has 0 spiro atoms. The van der Waals surface area contributed by atoms with Crippen LogP contribution in [-0.2, 0) is 25.4 Å². The van der Waals surface area contributed by atoms with E-state index in [1.807, 2.05) is 6.92 Å². The van der Waals surface area contributed by atoms with Crippen LogP contribution >= 0.6 is 0 Å². The lowest BCUT2D eigenvalue weighted by atomic mass is 10.0. The summed E-state index contributed by atoms with van der Waals surface area (Å²) in [7, 11) is 0. The fourth-order valence-corrected chi connectivity index (χ4v) is 2.96. The van der Waals surface area contributed by atoms with Gasteiger partial charge in [0.05, 0.1) is 16.7 Å². The highest BCUT2D eigenvalue weighted by atomic mass is 19.4. The Bertz CT molecular complexity index is 931. The Balaban J connectivity index is 2.16. The molecule has 31 heavy (non-hydrogen) atoms. The molecule has 1 amide bonds. The monoisotopic (exact) mass is 448 g/mol. The summed E-state index contributed by atoms with van der Waals surface area (Å²) in [6.07, 6.45) is -4.92. The van der Waals surface area contributed by atoms with Gasteiger partial charge >= 0.3 is 12.4 Å². The summed E-state index contributed by atoms with van der Waals surface area (Å²) >= 11 is 0. The zero-order valence-corrected chi connectivity index (χ0v) is 16.7. The van der Waals surface area contributed by atoms with E-state index in [1.54, 1.807) is 0 Å². The first kappa shape index (κ1) is 24.5. The molecule has 10 heteroatoms. The summed E-state index contributed by atoms with van der Waals surface area (Å²) in [5.74, 6) is -0.715. The molecule has 0 atom stereocenters. The van der Waals surface area contributed by atoms with Crippen molar-refractivity contribution in [1.82, 2.24) is 9.88 Å². The molecule has 1 aromatic carbocycles. The Hall–Kier alpha value is -2.78. The summed E-state index contributed by atoms with van der Waals surface area (Å²) in [4.78, 5) is 24.3. The number of hydrogen-bond donors (Lipinski definition) is 1. The van der Waals surface area contributed by atoms with E-state index in [0.717, 1.165) is 25.7 Å². The molecule has 0 aliphatic heterocycles. The first-order valence-corrected chi connectivity index (χ1v) is 9.69. The molecule has 0 aliphatic rings. The van der Waals surface area contributed by atoms with Gasteiger partial charge in [-0.2, -0.15) is 26.3 Å². The van der Waals surface area contributed by atoms with Gasteiger partial charge in [0.2, 0.25) is 0 Å².